The first-order valence-corrected chi connectivity index (χ1v) is 7.22. The molecule has 0 heterocycles. The van der Waals surface area contributed by atoms with Crippen LogP contribution >= 0.6 is 11.6 Å². The normalized spacial score (nSPS) is 15.6. The summed E-state index contributed by atoms with van der Waals surface area (Å²) < 4.78 is 0. The monoisotopic (exact) mass is 266 g/mol. The predicted octanol–water partition coefficient (Wildman–Crippen LogP) is 3.93. The molecule has 2 rings (SSSR count). The van der Waals surface area contributed by atoms with Crippen LogP contribution in [0.15, 0.2) is 18.2 Å². The Labute approximate surface area is 115 Å². The van der Waals surface area contributed by atoms with Gasteiger partial charge in [-0.25, -0.2) is 0 Å². The molecule has 1 saturated carbocycles. The van der Waals surface area contributed by atoms with Crippen LogP contribution in [0.4, 0.5) is 5.69 Å². The van der Waals surface area contributed by atoms with Crippen molar-refractivity contribution in [3.05, 3.63) is 28.8 Å². The van der Waals surface area contributed by atoms with Crippen molar-refractivity contribution in [2.75, 3.05) is 12.3 Å². The molecule has 0 spiro atoms. The summed E-state index contributed by atoms with van der Waals surface area (Å²) in [6.07, 6.45) is 3.96. The molecule has 1 aliphatic carbocycles. The molecule has 0 aliphatic heterocycles. The van der Waals surface area contributed by atoms with Crippen molar-refractivity contribution in [1.82, 2.24) is 4.90 Å². The molecule has 1 aromatic rings. The first kappa shape index (κ1) is 13.7. The third kappa shape index (κ3) is 3.89. The summed E-state index contributed by atoms with van der Waals surface area (Å²) in [7, 11) is 0. The topological polar surface area (TPSA) is 29.3 Å². The lowest BCUT2D eigenvalue weighted by molar-refractivity contribution is 0.239. The second-order valence-electron chi connectivity index (χ2n) is 5.74. The van der Waals surface area contributed by atoms with Crippen molar-refractivity contribution in [2.45, 2.75) is 45.7 Å². The van der Waals surface area contributed by atoms with E-state index >= 15 is 0 Å². The summed E-state index contributed by atoms with van der Waals surface area (Å²) in [5, 5.41) is 0.673. The van der Waals surface area contributed by atoms with Gasteiger partial charge in [0.15, 0.2) is 0 Å². The van der Waals surface area contributed by atoms with Gasteiger partial charge in [-0.1, -0.05) is 31.5 Å². The SMILES string of the molecule is CC(C)CCN(Cc1ccc(N)c(Cl)c1)C1CC1. The quantitative estimate of drug-likeness (QED) is 0.791. The third-order valence-corrected chi connectivity index (χ3v) is 3.83. The van der Waals surface area contributed by atoms with Crippen LogP contribution in [-0.2, 0) is 6.54 Å². The maximum absolute atomic E-state index is 6.08. The van der Waals surface area contributed by atoms with E-state index in [1.165, 1.54) is 31.4 Å². The van der Waals surface area contributed by atoms with E-state index in [0.717, 1.165) is 18.5 Å². The Balaban J connectivity index is 1.97. The van der Waals surface area contributed by atoms with Crippen molar-refractivity contribution >= 4 is 17.3 Å². The molecule has 100 valence electrons. The predicted molar refractivity (Wildman–Crippen MR) is 78.8 cm³/mol. The largest absolute Gasteiger partial charge is 0.398 e. The van der Waals surface area contributed by atoms with Gasteiger partial charge in [-0.05, 0) is 49.4 Å². The van der Waals surface area contributed by atoms with Crippen LogP contribution in [-0.4, -0.2) is 17.5 Å². The zero-order valence-corrected chi connectivity index (χ0v) is 12.1. The maximum Gasteiger partial charge on any atom is 0.0638 e. The molecule has 3 heteroatoms. The molecule has 2 N–H and O–H groups in total. The fraction of sp³-hybridized carbons (Fsp3) is 0.600. The Morgan fingerprint density at radius 2 is 2.11 bits per heavy atom. The average Bonchev–Trinajstić information content (AvgIpc) is 3.13. The zero-order valence-electron chi connectivity index (χ0n) is 11.3. The van der Waals surface area contributed by atoms with Crippen molar-refractivity contribution in [3.8, 4) is 0 Å². The number of halogens is 1. The molecule has 0 atom stereocenters. The van der Waals surface area contributed by atoms with E-state index in [0.29, 0.717) is 10.7 Å². The average molecular weight is 267 g/mol. The summed E-state index contributed by atoms with van der Waals surface area (Å²) in [6.45, 7) is 6.75. The standard InChI is InChI=1S/C15H23ClN2/c1-11(2)7-8-18(13-4-5-13)10-12-3-6-15(17)14(16)9-12/h3,6,9,11,13H,4-5,7-8,10,17H2,1-2H3. The van der Waals surface area contributed by atoms with Gasteiger partial charge in [0.2, 0.25) is 0 Å². The highest BCUT2D eigenvalue weighted by molar-refractivity contribution is 6.33. The number of anilines is 1. The highest BCUT2D eigenvalue weighted by Gasteiger charge is 2.28. The number of nitrogens with two attached hydrogens (primary N) is 1. The van der Waals surface area contributed by atoms with Crippen molar-refractivity contribution in [1.29, 1.82) is 0 Å². The fourth-order valence-corrected chi connectivity index (χ4v) is 2.36. The van der Waals surface area contributed by atoms with Crippen molar-refractivity contribution < 1.29 is 0 Å². The summed E-state index contributed by atoms with van der Waals surface area (Å²) in [5.41, 5.74) is 7.68. The zero-order chi connectivity index (χ0) is 13.1. The Hall–Kier alpha value is -0.730. The fourth-order valence-electron chi connectivity index (χ4n) is 2.16. The van der Waals surface area contributed by atoms with E-state index in [1.54, 1.807) is 0 Å². The minimum absolute atomic E-state index is 0.667. The summed E-state index contributed by atoms with van der Waals surface area (Å²) in [6, 6.07) is 6.79. The second kappa shape index (κ2) is 5.94. The molecule has 18 heavy (non-hydrogen) atoms. The van der Waals surface area contributed by atoms with Gasteiger partial charge in [-0.2, -0.15) is 0 Å². The van der Waals surface area contributed by atoms with Crippen LogP contribution in [0.3, 0.4) is 0 Å². The lowest BCUT2D eigenvalue weighted by Crippen LogP contribution is -2.27. The van der Waals surface area contributed by atoms with E-state index in [9.17, 15) is 0 Å². The Bertz CT molecular complexity index is 399. The molecular weight excluding hydrogens is 244 g/mol. The van der Waals surface area contributed by atoms with Crippen LogP contribution in [0, 0.1) is 5.92 Å². The summed E-state index contributed by atoms with van der Waals surface area (Å²) >= 11 is 6.08. The highest BCUT2D eigenvalue weighted by atomic mass is 35.5. The number of nitrogen functional groups attached to an aromatic ring is 1. The smallest absolute Gasteiger partial charge is 0.0638 e. The van der Waals surface area contributed by atoms with Gasteiger partial charge in [0.05, 0.1) is 10.7 Å². The Morgan fingerprint density at radius 1 is 1.39 bits per heavy atom. The molecule has 0 radical (unpaired) electrons. The van der Waals surface area contributed by atoms with E-state index in [4.69, 9.17) is 17.3 Å². The second-order valence-corrected chi connectivity index (χ2v) is 6.15. The van der Waals surface area contributed by atoms with Crippen LogP contribution in [0.2, 0.25) is 5.02 Å². The lowest BCUT2D eigenvalue weighted by atomic mass is 10.1. The van der Waals surface area contributed by atoms with Gasteiger partial charge < -0.3 is 5.73 Å². The molecule has 1 fully saturated rings. The molecule has 0 saturated heterocycles. The Kier molecular flexibility index (Phi) is 4.52. The lowest BCUT2D eigenvalue weighted by Gasteiger charge is -2.23. The summed E-state index contributed by atoms with van der Waals surface area (Å²) in [4.78, 5) is 2.59. The number of hydrogen-bond acceptors (Lipinski definition) is 2. The van der Waals surface area contributed by atoms with Gasteiger partial charge >= 0.3 is 0 Å². The van der Waals surface area contributed by atoms with Gasteiger partial charge in [-0.15, -0.1) is 0 Å². The van der Waals surface area contributed by atoms with Crippen molar-refractivity contribution in [2.24, 2.45) is 5.92 Å². The third-order valence-electron chi connectivity index (χ3n) is 3.51. The van der Waals surface area contributed by atoms with Gasteiger partial charge in [-0.3, -0.25) is 4.90 Å². The van der Waals surface area contributed by atoms with Crippen LogP contribution < -0.4 is 5.73 Å². The summed E-state index contributed by atoms with van der Waals surface area (Å²) in [5.74, 6) is 0.765. The number of rotatable bonds is 6. The minimum atomic E-state index is 0.667. The van der Waals surface area contributed by atoms with E-state index in [1.807, 2.05) is 12.1 Å². The van der Waals surface area contributed by atoms with E-state index in [2.05, 4.69) is 24.8 Å². The van der Waals surface area contributed by atoms with Crippen LogP contribution in [0.25, 0.3) is 0 Å². The first-order valence-electron chi connectivity index (χ1n) is 6.84. The molecule has 1 aromatic carbocycles. The molecule has 0 unspecified atom stereocenters. The highest BCUT2D eigenvalue weighted by Crippen LogP contribution is 2.30. The van der Waals surface area contributed by atoms with Gasteiger partial charge in [0.25, 0.3) is 0 Å². The van der Waals surface area contributed by atoms with Crippen LogP contribution in [0.5, 0.6) is 0 Å². The van der Waals surface area contributed by atoms with E-state index in [-0.39, 0.29) is 0 Å². The molecule has 2 nitrogen and oxygen atoms in total. The molecular formula is C15H23ClN2. The van der Waals surface area contributed by atoms with Crippen molar-refractivity contribution in [3.63, 3.8) is 0 Å². The molecule has 0 aromatic heterocycles. The Morgan fingerprint density at radius 3 is 2.67 bits per heavy atom. The number of nitrogens with zero attached hydrogens (tertiary/aromatic N) is 1. The number of hydrogen-bond donors (Lipinski definition) is 1. The maximum atomic E-state index is 6.08. The van der Waals surface area contributed by atoms with Crippen LogP contribution in [0.1, 0.15) is 38.7 Å². The first-order chi connectivity index (χ1) is 8.56. The van der Waals surface area contributed by atoms with Gasteiger partial charge in [0, 0.05) is 12.6 Å². The molecule has 0 bridgehead atoms. The number of benzene rings is 1. The molecule has 1 aliphatic rings. The molecule has 0 amide bonds. The minimum Gasteiger partial charge on any atom is -0.398 e. The van der Waals surface area contributed by atoms with E-state index < -0.39 is 0 Å². The van der Waals surface area contributed by atoms with Gasteiger partial charge in [0.1, 0.15) is 0 Å².